The van der Waals surface area contributed by atoms with Crippen LogP contribution in [0.4, 0.5) is 0 Å². The molecule has 0 fully saturated rings. The second-order valence-electron chi connectivity index (χ2n) is 3.29. The van der Waals surface area contributed by atoms with Crippen LogP contribution >= 0.6 is 0 Å². The van der Waals surface area contributed by atoms with E-state index in [1.165, 1.54) is 5.56 Å². The third-order valence-corrected chi connectivity index (χ3v) is 2.59. The van der Waals surface area contributed by atoms with E-state index in [-0.39, 0.29) is 5.92 Å². The molecular formula is C10H7NO2. The predicted octanol–water partition coefficient (Wildman–Crippen LogP) is 1.58. The van der Waals surface area contributed by atoms with Gasteiger partial charge >= 0.3 is 0 Å². The van der Waals surface area contributed by atoms with Crippen molar-refractivity contribution in [2.75, 3.05) is 6.79 Å². The summed E-state index contributed by atoms with van der Waals surface area (Å²) < 4.78 is 10.5. The molecule has 0 aromatic heterocycles. The highest BCUT2D eigenvalue weighted by Gasteiger charge is 2.29. The van der Waals surface area contributed by atoms with E-state index in [0.29, 0.717) is 6.79 Å². The molecule has 0 saturated carbocycles. The highest BCUT2D eigenvalue weighted by Crippen LogP contribution is 2.43. The third kappa shape index (κ3) is 0.775. The molecule has 0 bridgehead atoms. The summed E-state index contributed by atoms with van der Waals surface area (Å²) >= 11 is 0. The van der Waals surface area contributed by atoms with Gasteiger partial charge < -0.3 is 9.47 Å². The summed E-state index contributed by atoms with van der Waals surface area (Å²) in [5, 5.41) is 8.76. The maximum Gasteiger partial charge on any atom is 0.231 e. The SMILES string of the molecule is N#C[C@@H]1Cc2cc3c(cc21)OCO3. The number of rotatable bonds is 0. The van der Waals surface area contributed by atoms with Crippen LogP contribution in [0.5, 0.6) is 11.5 Å². The van der Waals surface area contributed by atoms with Crippen molar-refractivity contribution in [1.82, 2.24) is 0 Å². The minimum atomic E-state index is 0.0597. The van der Waals surface area contributed by atoms with E-state index >= 15 is 0 Å². The van der Waals surface area contributed by atoms with Crippen LogP contribution in [0.25, 0.3) is 0 Å². The molecule has 3 nitrogen and oxygen atoms in total. The molecule has 0 N–H and O–H groups in total. The lowest BCUT2D eigenvalue weighted by Crippen LogP contribution is -2.14. The first-order valence-corrected chi connectivity index (χ1v) is 4.20. The molecule has 1 atom stereocenters. The van der Waals surface area contributed by atoms with Gasteiger partial charge in [-0.2, -0.15) is 5.26 Å². The normalized spacial score (nSPS) is 21.6. The van der Waals surface area contributed by atoms with Crippen LogP contribution in [-0.4, -0.2) is 6.79 Å². The molecule has 0 spiro atoms. The molecule has 1 aliphatic carbocycles. The van der Waals surface area contributed by atoms with Crippen LogP contribution in [0, 0.1) is 11.3 Å². The van der Waals surface area contributed by atoms with Crippen molar-refractivity contribution in [3.05, 3.63) is 23.3 Å². The van der Waals surface area contributed by atoms with Gasteiger partial charge in [-0.15, -0.1) is 0 Å². The van der Waals surface area contributed by atoms with E-state index in [0.717, 1.165) is 23.5 Å². The lowest BCUT2D eigenvalue weighted by Gasteiger charge is -2.24. The number of nitriles is 1. The quantitative estimate of drug-likeness (QED) is 0.598. The van der Waals surface area contributed by atoms with Gasteiger partial charge in [-0.05, 0) is 29.7 Å². The van der Waals surface area contributed by atoms with E-state index < -0.39 is 0 Å². The largest absolute Gasteiger partial charge is 0.454 e. The minimum Gasteiger partial charge on any atom is -0.454 e. The first kappa shape index (κ1) is 6.79. The molecule has 1 aromatic carbocycles. The Hall–Kier alpha value is -1.69. The molecule has 0 amide bonds. The number of hydrogen-bond donors (Lipinski definition) is 0. The molecule has 1 aliphatic heterocycles. The van der Waals surface area contributed by atoms with Crippen molar-refractivity contribution in [2.45, 2.75) is 12.3 Å². The molecule has 0 radical (unpaired) electrons. The number of ether oxygens (including phenoxy) is 2. The average molecular weight is 173 g/mol. The molecule has 1 heterocycles. The first-order valence-electron chi connectivity index (χ1n) is 4.20. The van der Waals surface area contributed by atoms with Crippen LogP contribution in [0.3, 0.4) is 0 Å². The van der Waals surface area contributed by atoms with Crippen molar-refractivity contribution >= 4 is 0 Å². The molecule has 64 valence electrons. The minimum absolute atomic E-state index is 0.0597. The van der Waals surface area contributed by atoms with E-state index in [9.17, 15) is 0 Å². The summed E-state index contributed by atoms with van der Waals surface area (Å²) in [4.78, 5) is 0. The lowest BCUT2D eigenvalue weighted by atomic mass is 9.78. The van der Waals surface area contributed by atoms with E-state index in [4.69, 9.17) is 14.7 Å². The second kappa shape index (κ2) is 2.17. The van der Waals surface area contributed by atoms with Crippen LogP contribution < -0.4 is 9.47 Å². The van der Waals surface area contributed by atoms with Gasteiger partial charge in [0.05, 0.1) is 12.0 Å². The van der Waals surface area contributed by atoms with Crippen LogP contribution in [0.1, 0.15) is 17.0 Å². The summed E-state index contributed by atoms with van der Waals surface area (Å²) in [7, 11) is 0. The zero-order chi connectivity index (χ0) is 8.84. The van der Waals surface area contributed by atoms with E-state index in [2.05, 4.69) is 6.07 Å². The molecule has 2 aliphatic rings. The van der Waals surface area contributed by atoms with Gasteiger partial charge in [0.15, 0.2) is 11.5 Å². The maximum atomic E-state index is 8.76. The van der Waals surface area contributed by atoms with Gasteiger partial charge in [-0.25, -0.2) is 0 Å². The molecular weight excluding hydrogens is 166 g/mol. The van der Waals surface area contributed by atoms with Crippen molar-refractivity contribution in [2.24, 2.45) is 0 Å². The summed E-state index contributed by atoms with van der Waals surface area (Å²) in [6, 6.07) is 6.16. The number of benzene rings is 1. The second-order valence-corrected chi connectivity index (χ2v) is 3.29. The third-order valence-electron chi connectivity index (χ3n) is 2.59. The van der Waals surface area contributed by atoms with Gasteiger partial charge in [-0.1, -0.05) is 0 Å². The Morgan fingerprint density at radius 3 is 2.85 bits per heavy atom. The highest BCUT2D eigenvalue weighted by atomic mass is 16.7. The van der Waals surface area contributed by atoms with Gasteiger partial charge in [0.25, 0.3) is 0 Å². The van der Waals surface area contributed by atoms with E-state index in [1.807, 2.05) is 12.1 Å². The van der Waals surface area contributed by atoms with E-state index in [1.54, 1.807) is 0 Å². The smallest absolute Gasteiger partial charge is 0.231 e. The van der Waals surface area contributed by atoms with Gasteiger partial charge in [0.1, 0.15) is 0 Å². The molecule has 0 unspecified atom stereocenters. The molecule has 0 saturated heterocycles. The lowest BCUT2D eigenvalue weighted by molar-refractivity contribution is 0.174. The fourth-order valence-electron chi connectivity index (χ4n) is 1.81. The molecule has 3 heteroatoms. The number of nitrogens with zero attached hydrogens (tertiary/aromatic N) is 1. The Kier molecular flexibility index (Phi) is 1.13. The van der Waals surface area contributed by atoms with Gasteiger partial charge in [0.2, 0.25) is 6.79 Å². The Bertz CT molecular complexity index is 420. The first-order chi connectivity index (χ1) is 6.38. The Morgan fingerprint density at radius 1 is 1.31 bits per heavy atom. The summed E-state index contributed by atoms with van der Waals surface area (Å²) in [6.07, 6.45) is 0.850. The summed E-state index contributed by atoms with van der Waals surface area (Å²) in [6.45, 7) is 0.301. The van der Waals surface area contributed by atoms with Gasteiger partial charge in [-0.3, -0.25) is 0 Å². The fourth-order valence-corrected chi connectivity index (χ4v) is 1.81. The van der Waals surface area contributed by atoms with Crippen LogP contribution in [0.2, 0.25) is 0 Å². The monoisotopic (exact) mass is 173 g/mol. The van der Waals surface area contributed by atoms with Crippen molar-refractivity contribution < 1.29 is 9.47 Å². The van der Waals surface area contributed by atoms with Crippen LogP contribution in [0.15, 0.2) is 12.1 Å². The topological polar surface area (TPSA) is 42.2 Å². The fraction of sp³-hybridized carbons (Fsp3) is 0.300. The predicted molar refractivity (Wildman–Crippen MR) is 44.6 cm³/mol. The van der Waals surface area contributed by atoms with Crippen LogP contribution in [-0.2, 0) is 6.42 Å². The van der Waals surface area contributed by atoms with Crippen molar-refractivity contribution in [1.29, 1.82) is 5.26 Å². The Morgan fingerprint density at radius 2 is 2.08 bits per heavy atom. The Labute approximate surface area is 75.5 Å². The average Bonchev–Trinajstić information content (AvgIpc) is 2.55. The molecule has 13 heavy (non-hydrogen) atoms. The number of hydrogen-bond acceptors (Lipinski definition) is 3. The molecule has 1 aromatic rings. The standard InChI is InChI=1S/C10H7NO2/c11-4-7-1-6-2-9-10(3-8(6)7)13-5-12-9/h2-3,7H,1,5H2/t7-/m0/s1. The van der Waals surface area contributed by atoms with Gasteiger partial charge in [0, 0.05) is 0 Å². The Balaban J connectivity index is 2.12. The highest BCUT2D eigenvalue weighted by molar-refractivity contribution is 5.55. The summed E-state index contributed by atoms with van der Waals surface area (Å²) in [5.41, 5.74) is 2.32. The van der Waals surface area contributed by atoms with Crippen molar-refractivity contribution in [3.63, 3.8) is 0 Å². The zero-order valence-electron chi connectivity index (χ0n) is 6.91. The van der Waals surface area contributed by atoms with Crippen molar-refractivity contribution in [3.8, 4) is 17.6 Å². The summed E-state index contributed by atoms with van der Waals surface area (Å²) in [5.74, 6) is 1.65. The molecule has 3 rings (SSSR count). The number of fused-ring (bicyclic) bond motifs is 2. The maximum absolute atomic E-state index is 8.76. The zero-order valence-corrected chi connectivity index (χ0v) is 6.91.